The van der Waals surface area contributed by atoms with Crippen LogP contribution in [0.1, 0.15) is 84.8 Å². The van der Waals surface area contributed by atoms with Crippen molar-refractivity contribution in [2.24, 2.45) is 0 Å². The maximum absolute atomic E-state index is 2.35. The summed E-state index contributed by atoms with van der Waals surface area (Å²) in [4.78, 5) is 0. The van der Waals surface area contributed by atoms with Gasteiger partial charge in [-0.15, -0.1) is 39.7 Å². The summed E-state index contributed by atoms with van der Waals surface area (Å²) in [5.74, 6) is 0. The predicted molar refractivity (Wildman–Crippen MR) is 145 cm³/mol. The molecule has 0 aliphatic heterocycles. The molecule has 0 nitrogen and oxygen atoms in total. The molecule has 35 heavy (non-hydrogen) atoms. The number of halogens is 2. The molecule has 0 unspecified atom stereocenters. The Balaban J connectivity index is 0.000000360. The molecule has 0 spiro atoms. The maximum atomic E-state index is 2.35. The molecule has 0 amide bonds. The molecule has 0 heterocycles. The van der Waals surface area contributed by atoms with E-state index in [0.717, 1.165) is 0 Å². The van der Waals surface area contributed by atoms with E-state index in [4.69, 9.17) is 0 Å². The third-order valence-corrected chi connectivity index (χ3v) is 7.68. The van der Waals surface area contributed by atoms with Crippen molar-refractivity contribution in [3.63, 3.8) is 0 Å². The first kappa shape index (κ1) is 32.0. The molecule has 1 fully saturated rings. The number of rotatable bonds is 0. The molecule has 0 N–H and O–H groups in total. The zero-order valence-electron chi connectivity index (χ0n) is 22.2. The van der Waals surface area contributed by atoms with Crippen molar-refractivity contribution in [1.82, 2.24) is 0 Å². The second kappa shape index (κ2) is 14.1. The van der Waals surface area contributed by atoms with Gasteiger partial charge in [-0.3, -0.25) is 0 Å². The van der Waals surface area contributed by atoms with Crippen molar-refractivity contribution >= 4 is 24.8 Å². The maximum Gasteiger partial charge on any atom is -0.172 e. The summed E-state index contributed by atoms with van der Waals surface area (Å²) in [6.45, 7) is 13.6. The van der Waals surface area contributed by atoms with Gasteiger partial charge in [-0.25, -0.2) is 12.1 Å². The first-order valence-corrected chi connectivity index (χ1v) is 13.7. The third-order valence-electron chi connectivity index (χ3n) is 6.45. The topological polar surface area (TPSA) is 0 Å². The monoisotopic (exact) mass is 584 g/mol. The summed E-state index contributed by atoms with van der Waals surface area (Å²) in [7, 11) is 0. The fourth-order valence-electron chi connectivity index (χ4n) is 4.25. The van der Waals surface area contributed by atoms with Gasteiger partial charge in [0, 0.05) is 0 Å². The van der Waals surface area contributed by atoms with Crippen LogP contribution in [0.5, 0.6) is 0 Å². The summed E-state index contributed by atoms with van der Waals surface area (Å²) in [6, 6.07) is 26.2. The molecule has 5 rings (SSSR count). The van der Waals surface area contributed by atoms with E-state index in [1.807, 2.05) is 30.3 Å². The van der Waals surface area contributed by atoms with Crippen LogP contribution in [0.25, 0.3) is 21.5 Å². The van der Waals surface area contributed by atoms with Gasteiger partial charge in [0.25, 0.3) is 0 Å². The van der Waals surface area contributed by atoms with Crippen molar-refractivity contribution in [2.75, 3.05) is 0 Å². The number of benzene rings is 2. The Morgan fingerprint density at radius 3 is 1.37 bits per heavy atom. The van der Waals surface area contributed by atoms with Crippen LogP contribution in [-0.4, -0.2) is 3.21 Å². The Labute approximate surface area is 240 Å². The molecule has 4 aromatic carbocycles. The van der Waals surface area contributed by atoms with Crippen molar-refractivity contribution < 1.29 is 49.0 Å². The van der Waals surface area contributed by atoms with Crippen LogP contribution < -0.4 is 24.8 Å². The first-order chi connectivity index (χ1) is 15.6. The molecule has 188 valence electrons. The fraction of sp³-hybridized carbons (Fsp3) is 0.406. The average molecular weight is 587 g/mol. The van der Waals surface area contributed by atoms with Crippen molar-refractivity contribution in [2.45, 2.75) is 84.5 Å². The second-order valence-corrected chi connectivity index (χ2v) is 13.1. The summed E-state index contributed by atoms with van der Waals surface area (Å²) in [6.07, 6.45) is 7.32. The molecule has 1 aliphatic carbocycles. The van der Waals surface area contributed by atoms with Crippen LogP contribution in [-0.2, 0) is 35.1 Å². The number of fused-ring (bicyclic) bond motifs is 3. The Hall–Kier alpha value is -1.01. The van der Waals surface area contributed by atoms with Gasteiger partial charge in [-0.2, -0.15) is 18.2 Å². The summed E-state index contributed by atoms with van der Waals surface area (Å²) in [5, 5.41) is 5.48. The summed E-state index contributed by atoms with van der Waals surface area (Å²) in [5.41, 5.74) is 3.21. The van der Waals surface area contributed by atoms with E-state index < -0.39 is 0 Å². The fourth-order valence-corrected chi connectivity index (χ4v) is 5.12. The molecule has 0 bridgehead atoms. The van der Waals surface area contributed by atoms with Gasteiger partial charge in [0.15, 0.2) is 0 Å². The summed E-state index contributed by atoms with van der Waals surface area (Å²) < 4.78 is 1.80. The van der Waals surface area contributed by atoms with E-state index in [9.17, 15) is 0 Å². The summed E-state index contributed by atoms with van der Waals surface area (Å²) >= 11 is 1.69. The van der Waals surface area contributed by atoms with Gasteiger partial charge >= 0.3 is 59.5 Å². The van der Waals surface area contributed by atoms with Crippen LogP contribution in [0.15, 0.2) is 72.8 Å². The Morgan fingerprint density at radius 1 is 0.657 bits per heavy atom. The number of hydrogen-bond acceptors (Lipinski definition) is 0. The van der Waals surface area contributed by atoms with Crippen LogP contribution in [0, 0.1) is 0 Å². The molecule has 4 aromatic rings. The Kier molecular flexibility index (Phi) is 12.9. The average Bonchev–Trinajstić information content (AvgIpc) is 3.44. The Morgan fingerprint density at radius 2 is 1.09 bits per heavy atom. The standard InChI is InChI=1S/C21H25.C6H10.C5H5.2ClH.Zr/c1-20(2,3)16-7-9-18-14(12-16)11-15-13-17(21(4,5)6)8-10-19(15)18;1-2-4-6-5-3-1;1-2-4-5-3-1;;;/h7-13H,1-6H3;1-5H2;1-5H;2*1H;/q-1;;-1;;;+2/p-2. The SMILES string of the molecule is CC(C)(C)c1ccc2c(c1)[cH-]c1cc(C(C)(C)C)ccc12.[Cl-].[Cl-].[Zr+2]=[C]1CCCCC1.c1cc[cH-]c1. The molecule has 1 aliphatic rings. The molecule has 3 heteroatoms. The van der Waals surface area contributed by atoms with Gasteiger partial charge in [-0.1, -0.05) is 76.9 Å². The minimum Gasteiger partial charge on any atom is -0.214 e. The van der Waals surface area contributed by atoms with Gasteiger partial charge in [0.2, 0.25) is 0 Å². The van der Waals surface area contributed by atoms with E-state index in [0.29, 0.717) is 0 Å². The Bertz CT molecular complexity index is 1070. The molecular formula is C32H40Cl2Zr-2. The first-order valence-electron chi connectivity index (χ1n) is 12.4. The van der Waals surface area contributed by atoms with Gasteiger partial charge in [-0.05, 0) is 10.8 Å². The van der Waals surface area contributed by atoms with Crippen LogP contribution in [0.2, 0.25) is 0 Å². The van der Waals surface area contributed by atoms with Crippen LogP contribution >= 0.6 is 0 Å². The predicted octanol–water partition coefficient (Wildman–Crippen LogP) is 3.39. The molecular weight excluding hydrogens is 546 g/mol. The molecule has 0 atom stereocenters. The van der Waals surface area contributed by atoms with E-state index in [1.54, 1.807) is 27.4 Å². The van der Waals surface area contributed by atoms with Crippen molar-refractivity contribution in [1.29, 1.82) is 0 Å². The van der Waals surface area contributed by atoms with Gasteiger partial charge < -0.3 is 24.8 Å². The van der Waals surface area contributed by atoms with Crippen molar-refractivity contribution in [3.05, 3.63) is 83.9 Å². The third kappa shape index (κ3) is 9.42. The zero-order valence-corrected chi connectivity index (χ0v) is 26.2. The molecule has 0 radical (unpaired) electrons. The number of hydrogen-bond donors (Lipinski definition) is 0. The normalized spacial score (nSPS) is 13.7. The van der Waals surface area contributed by atoms with Crippen LogP contribution in [0.3, 0.4) is 0 Å². The van der Waals surface area contributed by atoms with E-state index in [1.165, 1.54) is 64.8 Å². The van der Waals surface area contributed by atoms with E-state index in [-0.39, 0.29) is 35.6 Å². The quantitative estimate of drug-likeness (QED) is 0.277. The second-order valence-electron chi connectivity index (χ2n) is 11.4. The van der Waals surface area contributed by atoms with Gasteiger partial charge in [0.05, 0.1) is 0 Å². The van der Waals surface area contributed by atoms with E-state index >= 15 is 0 Å². The largest absolute Gasteiger partial charge is 0.214 e. The molecule has 1 saturated carbocycles. The van der Waals surface area contributed by atoms with E-state index in [2.05, 4.69) is 84.0 Å². The van der Waals surface area contributed by atoms with Crippen LogP contribution in [0.4, 0.5) is 0 Å². The minimum atomic E-state index is 0. The smallest absolute Gasteiger partial charge is 0.172 e. The molecule has 0 aromatic heterocycles. The molecule has 0 saturated heterocycles. The zero-order chi connectivity index (χ0) is 24.1. The van der Waals surface area contributed by atoms with Crippen molar-refractivity contribution in [3.8, 4) is 0 Å². The van der Waals surface area contributed by atoms with Gasteiger partial charge in [0.1, 0.15) is 0 Å². The minimum absolute atomic E-state index is 0.